The third kappa shape index (κ3) is 3.55. The Kier molecular flexibility index (Phi) is 5.47. The molecule has 0 saturated carbocycles. The monoisotopic (exact) mass is 436 g/mol. The fraction of sp³-hybridized carbons (Fsp3) is 0.292. The van der Waals surface area contributed by atoms with Crippen LogP contribution in [0.15, 0.2) is 40.5 Å². The number of fused-ring (bicyclic) bond motifs is 1. The normalized spacial score (nSPS) is 11.5. The molecule has 6 heteroatoms. The lowest BCUT2D eigenvalue weighted by molar-refractivity contribution is 0.0969. The molecule has 4 rings (SSSR count). The Balaban J connectivity index is 1.89. The summed E-state index contributed by atoms with van der Waals surface area (Å²) in [5.74, 6) is 0.610. The number of thiophene rings is 2. The maximum Gasteiger partial charge on any atom is 0.263 e. The highest BCUT2D eigenvalue weighted by Crippen LogP contribution is 2.38. The number of Topliss-reactive ketones (excluding diaryl/α,β-unsaturated/α-hetero) is 1. The van der Waals surface area contributed by atoms with E-state index in [9.17, 15) is 9.59 Å². The number of nitrogens with zero attached hydrogens (tertiary/aromatic N) is 2. The van der Waals surface area contributed by atoms with Crippen LogP contribution in [0.5, 0.6) is 0 Å². The van der Waals surface area contributed by atoms with Crippen LogP contribution < -0.4 is 5.56 Å². The second-order valence-corrected chi connectivity index (χ2v) is 10.1. The standard InChI is InChI=1S/C24H24N2O2S2/c1-13(2)22-25-23-21(20(16(5)30-23)19-7-6-10-29-19)24(28)26(22)12-18(27)17-9-8-14(3)15(4)11-17/h6-11,13H,12H2,1-5H3. The zero-order chi connectivity index (χ0) is 21.6. The van der Waals surface area contributed by atoms with E-state index in [0.29, 0.717) is 16.8 Å². The van der Waals surface area contributed by atoms with Gasteiger partial charge in [0.2, 0.25) is 0 Å². The number of rotatable bonds is 5. The Morgan fingerprint density at radius 1 is 1.13 bits per heavy atom. The van der Waals surface area contributed by atoms with Gasteiger partial charge in [-0.15, -0.1) is 22.7 Å². The molecule has 0 saturated heterocycles. The molecule has 3 aromatic heterocycles. The number of aromatic nitrogens is 2. The first-order valence-electron chi connectivity index (χ1n) is 9.96. The molecule has 0 unspecified atom stereocenters. The molecule has 0 spiro atoms. The van der Waals surface area contributed by atoms with Crippen molar-refractivity contribution in [2.24, 2.45) is 0 Å². The van der Waals surface area contributed by atoms with Crippen molar-refractivity contribution in [3.05, 3.63) is 73.5 Å². The highest BCUT2D eigenvalue weighted by atomic mass is 32.1. The lowest BCUT2D eigenvalue weighted by atomic mass is 10.0. The van der Waals surface area contributed by atoms with Crippen LogP contribution in [0.2, 0.25) is 0 Å². The quantitative estimate of drug-likeness (QED) is 0.354. The van der Waals surface area contributed by atoms with Crippen LogP contribution in [-0.2, 0) is 6.54 Å². The molecular formula is C24H24N2O2S2. The van der Waals surface area contributed by atoms with Crippen molar-refractivity contribution >= 4 is 38.7 Å². The van der Waals surface area contributed by atoms with Crippen molar-refractivity contribution in [3.63, 3.8) is 0 Å². The molecule has 0 amide bonds. The smallest absolute Gasteiger partial charge is 0.263 e. The molecule has 4 aromatic rings. The van der Waals surface area contributed by atoms with Crippen molar-refractivity contribution in [1.82, 2.24) is 9.55 Å². The number of carbonyl (C=O) groups excluding carboxylic acids is 1. The third-order valence-corrected chi connectivity index (χ3v) is 7.32. The molecule has 0 fully saturated rings. The number of hydrogen-bond acceptors (Lipinski definition) is 5. The summed E-state index contributed by atoms with van der Waals surface area (Å²) in [4.78, 5) is 34.4. The van der Waals surface area contributed by atoms with Gasteiger partial charge in [-0.05, 0) is 49.4 Å². The summed E-state index contributed by atoms with van der Waals surface area (Å²) in [5.41, 5.74) is 3.65. The van der Waals surface area contributed by atoms with Gasteiger partial charge in [-0.3, -0.25) is 14.2 Å². The summed E-state index contributed by atoms with van der Waals surface area (Å²) in [5, 5.41) is 2.63. The first-order valence-corrected chi connectivity index (χ1v) is 11.7. The summed E-state index contributed by atoms with van der Waals surface area (Å²) >= 11 is 3.16. The minimum atomic E-state index is -0.131. The minimum absolute atomic E-state index is 0.00341. The fourth-order valence-corrected chi connectivity index (χ4v) is 5.60. The second-order valence-electron chi connectivity index (χ2n) is 7.93. The van der Waals surface area contributed by atoms with Gasteiger partial charge in [0.25, 0.3) is 5.56 Å². The van der Waals surface area contributed by atoms with Crippen LogP contribution in [-0.4, -0.2) is 15.3 Å². The Labute approximate surface area is 183 Å². The van der Waals surface area contributed by atoms with E-state index in [1.807, 2.05) is 70.3 Å². The van der Waals surface area contributed by atoms with Crippen LogP contribution in [0.3, 0.4) is 0 Å². The van der Waals surface area contributed by atoms with Gasteiger partial charge in [-0.1, -0.05) is 32.0 Å². The molecule has 0 radical (unpaired) electrons. The molecule has 0 atom stereocenters. The summed E-state index contributed by atoms with van der Waals surface area (Å²) < 4.78 is 1.58. The lowest BCUT2D eigenvalue weighted by Gasteiger charge is -2.15. The van der Waals surface area contributed by atoms with Gasteiger partial charge in [0.05, 0.1) is 11.9 Å². The first-order chi connectivity index (χ1) is 14.3. The maximum atomic E-state index is 13.7. The molecular weight excluding hydrogens is 412 g/mol. The molecule has 1 aromatic carbocycles. The third-order valence-electron chi connectivity index (χ3n) is 5.43. The average molecular weight is 437 g/mol. The van der Waals surface area contributed by atoms with Gasteiger partial charge >= 0.3 is 0 Å². The SMILES string of the molecule is Cc1ccc(C(=O)Cn2c(C(C)C)nc3sc(C)c(-c4cccs4)c3c2=O)cc1C. The molecule has 0 aliphatic heterocycles. The van der Waals surface area contributed by atoms with Crippen LogP contribution in [0.25, 0.3) is 20.7 Å². The highest BCUT2D eigenvalue weighted by molar-refractivity contribution is 7.20. The number of hydrogen-bond donors (Lipinski definition) is 0. The lowest BCUT2D eigenvalue weighted by Crippen LogP contribution is -2.29. The highest BCUT2D eigenvalue weighted by Gasteiger charge is 2.23. The molecule has 3 heterocycles. The largest absolute Gasteiger partial charge is 0.292 e. The van der Waals surface area contributed by atoms with Crippen LogP contribution in [0.1, 0.15) is 52.0 Å². The number of carbonyl (C=O) groups is 1. The average Bonchev–Trinajstić information content (AvgIpc) is 3.32. The minimum Gasteiger partial charge on any atom is -0.292 e. The number of ketones is 1. The Morgan fingerprint density at radius 2 is 1.90 bits per heavy atom. The molecule has 0 aliphatic rings. The van der Waals surface area contributed by atoms with E-state index >= 15 is 0 Å². The van der Waals surface area contributed by atoms with E-state index in [-0.39, 0.29) is 23.8 Å². The van der Waals surface area contributed by atoms with Crippen molar-refractivity contribution < 1.29 is 4.79 Å². The number of aryl methyl sites for hydroxylation is 3. The zero-order valence-electron chi connectivity index (χ0n) is 17.8. The van der Waals surface area contributed by atoms with E-state index in [1.165, 1.54) is 0 Å². The molecule has 0 N–H and O–H groups in total. The van der Waals surface area contributed by atoms with Crippen molar-refractivity contribution in [2.45, 2.75) is 47.1 Å². The van der Waals surface area contributed by atoms with Crippen LogP contribution in [0.4, 0.5) is 0 Å². The van der Waals surface area contributed by atoms with Gasteiger partial charge < -0.3 is 0 Å². The van der Waals surface area contributed by atoms with Gasteiger partial charge in [0.15, 0.2) is 5.78 Å². The summed E-state index contributed by atoms with van der Waals surface area (Å²) in [6, 6.07) is 9.70. The van der Waals surface area contributed by atoms with Crippen molar-refractivity contribution in [2.75, 3.05) is 0 Å². The topological polar surface area (TPSA) is 52.0 Å². The summed E-state index contributed by atoms with van der Waals surface area (Å²) in [6.45, 7) is 10.0. The Morgan fingerprint density at radius 3 is 2.53 bits per heavy atom. The maximum absolute atomic E-state index is 13.7. The first kappa shape index (κ1) is 20.7. The van der Waals surface area contributed by atoms with Crippen LogP contribution in [0, 0.1) is 20.8 Å². The van der Waals surface area contributed by atoms with E-state index in [1.54, 1.807) is 27.2 Å². The van der Waals surface area contributed by atoms with Crippen molar-refractivity contribution in [3.8, 4) is 10.4 Å². The predicted octanol–water partition coefficient (Wildman–Crippen LogP) is 6.12. The van der Waals surface area contributed by atoms with E-state index < -0.39 is 0 Å². The van der Waals surface area contributed by atoms with Crippen molar-refractivity contribution in [1.29, 1.82) is 0 Å². The fourth-order valence-electron chi connectivity index (χ4n) is 3.67. The van der Waals surface area contributed by atoms with E-state index in [4.69, 9.17) is 4.98 Å². The van der Waals surface area contributed by atoms with Gasteiger partial charge in [0.1, 0.15) is 10.7 Å². The summed E-state index contributed by atoms with van der Waals surface area (Å²) in [6.07, 6.45) is 0. The number of benzene rings is 1. The molecule has 154 valence electrons. The molecule has 0 aliphatic carbocycles. The summed E-state index contributed by atoms with van der Waals surface area (Å²) in [7, 11) is 0. The Hall–Kier alpha value is -2.57. The molecule has 0 bridgehead atoms. The zero-order valence-corrected chi connectivity index (χ0v) is 19.4. The van der Waals surface area contributed by atoms with E-state index in [0.717, 1.165) is 31.3 Å². The van der Waals surface area contributed by atoms with Gasteiger partial charge in [-0.25, -0.2) is 4.98 Å². The van der Waals surface area contributed by atoms with Gasteiger partial charge in [0, 0.05) is 26.8 Å². The van der Waals surface area contributed by atoms with Gasteiger partial charge in [-0.2, -0.15) is 0 Å². The van der Waals surface area contributed by atoms with Crippen LogP contribution >= 0.6 is 22.7 Å². The predicted molar refractivity (Wildman–Crippen MR) is 126 cm³/mol. The van der Waals surface area contributed by atoms with E-state index in [2.05, 4.69) is 0 Å². The Bertz CT molecular complexity index is 1310. The molecule has 30 heavy (non-hydrogen) atoms. The second kappa shape index (κ2) is 7.93. The molecule has 4 nitrogen and oxygen atoms in total.